The highest BCUT2D eigenvalue weighted by atomic mass is 35.5. The molecular weight excluding hydrogens is 214 g/mol. The highest BCUT2D eigenvalue weighted by Crippen LogP contribution is 2.42. The summed E-state index contributed by atoms with van der Waals surface area (Å²) in [6.07, 6.45) is 0. The van der Waals surface area contributed by atoms with Gasteiger partial charge in [0.2, 0.25) is 0 Å². The second-order valence-corrected chi connectivity index (χ2v) is 3.54. The SMILES string of the molecule is COP(=O)(O)Oc1ccccc1.Cl. The van der Waals surface area contributed by atoms with Gasteiger partial charge in [0.1, 0.15) is 5.75 Å². The van der Waals surface area contributed by atoms with Crippen LogP contribution in [0.1, 0.15) is 0 Å². The molecule has 0 aliphatic carbocycles. The molecule has 6 heteroatoms. The van der Waals surface area contributed by atoms with Crippen LogP contribution in [0.15, 0.2) is 30.3 Å². The first-order chi connectivity index (χ1) is 5.64. The number of rotatable bonds is 3. The van der Waals surface area contributed by atoms with Crippen molar-refractivity contribution in [1.29, 1.82) is 0 Å². The van der Waals surface area contributed by atoms with Crippen LogP contribution in [0.2, 0.25) is 0 Å². The number of phosphoric acid groups is 1. The molecule has 0 fully saturated rings. The van der Waals surface area contributed by atoms with Crippen molar-refractivity contribution in [3.8, 4) is 5.75 Å². The molecule has 74 valence electrons. The van der Waals surface area contributed by atoms with Crippen LogP contribution in [0.25, 0.3) is 0 Å². The fourth-order valence-electron chi connectivity index (χ4n) is 0.652. The zero-order chi connectivity index (χ0) is 9.03. The van der Waals surface area contributed by atoms with Crippen molar-refractivity contribution in [3.05, 3.63) is 30.3 Å². The lowest BCUT2D eigenvalue weighted by Crippen LogP contribution is -1.92. The second-order valence-electron chi connectivity index (χ2n) is 2.06. The highest BCUT2D eigenvalue weighted by Gasteiger charge is 2.19. The molecule has 0 heterocycles. The summed E-state index contributed by atoms with van der Waals surface area (Å²) in [7, 11) is -2.78. The van der Waals surface area contributed by atoms with Crippen LogP contribution in [0.5, 0.6) is 5.75 Å². The number of phosphoric ester groups is 1. The predicted molar refractivity (Wildman–Crippen MR) is 51.2 cm³/mol. The summed E-state index contributed by atoms with van der Waals surface area (Å²) in [4.78, 5) is 8.89. The van der Waals surface area contributed by atoms with Gasteiger partial charge in [-0.25, -0.2) is 4.57 Å². The van der Waals surface area contributed by atoms with Gasteiger partial charge in [-0.3, -0.25) is 9.42 Å². The summed E-state index contributed by atoms with van der Waals surface area (Å²) in [5.41, 5.74) is 0. The van der Waals surface area contributed by atoms with Gasteiger partial charge in [0, 0.05) is 7.11 Å². The first-order valence-corrected chi connectivity index (χ1v) is 4.77. The highest BCUT2D eigenvalue weighted by molar-refractivity contribution is 7.47. The van der Waals surface area contributed by atoms with Crippen molar-refractivity contribution in [2.75, 3.05) is 7.11 Å². The van der Waals surface area contributed by atoms with Crippen LogP contribution < -0.4 is 4.52 Å². The Morgan fingerprint density at radius 1 is 1.31 bits per heavy atom. The van der Waals surface area contributed by atoms with E-state index in [0.29, 0.717) is 5.75 Å². The molecule has 1 N–H and O–H groups in total. The fourth-order valence-corrected chi connectivity index (χ4v) is 1.11. The zero-order valence-corrected chi connectivity index (χ0v) is 8.63. The van der Waals surface area contributed by atoms with Gasteiger partial charge in [0.25, 0.3) is 0 Å². The van der Waals surface area contributed by atoms with E-state index in [1.165, 1.54) is 0 Å². The maximum absolute atomic E-state index is 10.9. The molecule has 1 rings (SSSR count). The van der Waals surface area contributed by atoms with Gasteiger partial charge < -0.3 is 4.52 Å². The minimum Gasteiger partial charge on any atom is -0.404 e. The van der Waals surface area contributed by atoms with E-state index in [1.54, 1.807) is 30.3 Å². The van der Waals surface area contributed by atoms with Crippen LogP contribution in [0, 0.1) is 0 Å². The third kappa shape index (κ3) is 4.29. The van der Waals surface area contributed by atoms with Gasteiger partial charge in [0.15, 0.2) is 0 Å². The molecule has 0 bridgehead atoms. The molecule has 1 aromatic carbocycles. The minimum absolute atomic E-state index is 0. The van der Waals surface area contributed by atoms with Crippen LogP contribution in [-0.4, -0.2) is 12.0 Å². The first-order valence-electron chi connectivity index (χ1n) is 3.27. The van der Waals surface area contributed by atoms with Gasteiger partial charge in [-0.15, -0.1) is 12.4 Å². The predicted octanol–water partition coefficient (Wildman–Crippen LogP) is 2.23. The molecule has 0 amide bonds. The number of para-hydroxylation sites is 1. The third-order valence-corrected chi connectivity index (χ3v) is 2.10. The Hall–Kier alpha value is -0.540. The fraction of sp³-hybridized carbons (Fsp3) is 0.143. The summed E-state index contributed by atoms with van der Waals surface area (Å²) in [6.45, 7) is 0. The van der Waals surface area contributed by atoms with Crippen molar-refractivity contribution in [3.63, 3.8) is 0 Å². The monoisotopic (exact) mass is 224 g/mol. The molecule has 1 atom stereocenters. The van der Waals surface area contributed by atoms with E-state index in [1.807, 2.05) is 0 Å². The molecular formula is C7H10ClO4P. The van der Waals surface area contributed by atoms with Crippen molar-refractivity contribution in [1.82, 2.24) is 0 Å². The molecule has 0 saturated carbocycles. The van der Waals surface area contributed by atoms with E-state index in [2.05, 4.69) is 9.05 Å². The van der Waals surface area contributed by atoms with E-state index in [-0.39, 0.29) is 12.4 Å². The number of hydrogen-bond acceptors (Lipinski definition) is 3. The van der Waals surface area contributed by atoms with E-state index in [0.717, 1.165) is 7.11 Å². The zero-order valence-electron chi connectivity index (χ0n) is 6.91. The van der Waals surface area contributed by atoms with Crippen LogP contribution in [-0.2, 0) is 9.09 Å². The second kappa shape index (κ2) is 5.25. The molecule has 0 aliphatic heterocycles. The average molecular weight is 225 g/mol. The molecule has 0 aliphatic rings. The van der Waals surface area contributed by atoms with Crippen molar-refractivity contribution < 1.29 is 18.5 Å². The lowest BCUT2D eigenvalue weighted by molar-refractivity contribution is 0.243. The van der Waals surface area contributed by atoms with Gasteiger partial charge in [-0.1, -0.05) is 18.2 Å². The molecule has 4 nitrogen and oxygen atoms in total. The van der Waals surface area contributed by atoms with Crippen molar-refractivity contribution in [2.24, 2.45) is 0 Å². The van der Waals surface area contributed by atoms with Crippen LogP contribution in [0.4, 0.5) is 0 Å². The Labute approximate surface area is 82.5 Å². The number of benzene rings is 1. The largest absolute Gasteiger partial charge is 0.527 e. The van der Waals surface area contributed by atoms with Crippen molar-refractivity contribution >= 4 is 20.2 Å². The molecule has 0 aromatic heterocycles. The van der Waals surface area contributed by atoms with Crippen LogP contribution in [0.3, 0.4) is 0 Å². The summed E-state index contributed by atoms with van der Waals surface area (Å²) < 4.78 is 19.7. The quantitative estimate of drug-likeness (QED) is 0.800. The minimum atomic E-state index is -3.90. The van der Waals surface area contributed by atoms with Crippen LogP contribution >= 0.6 is 20.2 Å². The number of hydrogen-bond donors (Lipinski definition) is 1. The van der Waals surface area contributed by atoms with E-state index in [9.17, 15) is 4.57 Å². The molecule has 0 spiro atoms. The molecule has 13 heavy (non-hydrogen) atoms. The molecule has 1 aromatic rings. The van der Waals surface area contributed by atoms with Gasteiger partial charge in [0.05, 0.1) is 0 Å². The normalized spacial score (nSPS) is 14.0. The summed E-state index contributed by atoms with van der Waals surface area (Å²) in [6, 6.07) is 8.32. The lowest BCUT2D eigenvalue weighted by Gasteiger charge is -2.09. The van der Waals surface area contributed by atoms with E-state index < -0.39 is 7.82 Å². The van der Waals surface area contributed by atoms with E-state index >= 15 is 0 Å². The van der Waals surface area contributed by atoms with Gasteiger partial charge in [-0.05, 0) is 12.1 Å². The maximum atomic E-state index is 10.9. The smallest absolute Gasteiger partial charge is 0.404 e. The summed E-state index contributed by atoms with van der Waals surface area (Å²) >= 11 is 0. The third-order valence-electron chi connectivity index (χ3n) is 1.19. The molecule has 1 unspecified atom stereocenters. The Kier molecular flexibility index (Phi) is 5.03. The standard InChI is InChI=1S/C7H9O4P.ClH/c1-10-12(8,9)11-7-5-3-2-4-6-7;/h2-6H,1H3,(H,8,9);1H. The van der Waals surface area contributed by atoms with Crippen molar-refractivity contribution in [2.45, 2.75) is 0 Å². The average Bonchev–Trinajstić information content (AvgIpc) is 2.06. The molecule has 0 radical (unpaired) electrons. The van der Waals surface area contributed by atoms with E-state index in [4.69, 9.17) is 4.89 Å². The summed E-state index contributed by atoms with van der Waals surface area (Å²) in [5.74, 6) is 0.310. The van der Waals surface area contributed by atoms with Gasteiger partial charge >= 0.3 is 7.82 Å². The Morgan fingerprint density at radius 2 is 1.85 bits per heavy atom. The maximum Gasteiger partial charge on any atom is 0.527 e. The van der Waals surface area contributed by atoms with Gasteiger partial charge in [-0.2, -0.15) is 0 Å². The Bertz CT molecular complexity index is 290. The Balaban J connectivity index is 0.00000144. The summed E-state index contributed by atoms with van der Waals surface area (Å²) in [5, 5.41) is 0. The first kappa shape index (κ1) is 12.5. The topological polar surface area (TPSA) is 55.8 Å². The number of halogens is 1. The molecule has 0 saturated heterocycles. The Morgan fingerprint density at radius 3 is 2.31 bits per heavy atom. The lowest BCUT2D eigenvalue weighted by atomic mass is 10.3.